The molecule has 0 unspecified atom stereocenters. The van der Waals surface area contributed by atoms with Gasteiger partial charge in [-0.3, -0.25) is 5.41 Å². The number of nitrogens with zero attached hydrogens (tertiary/aromatic N) is 1. The largest absolute Gasteiger partial charge is 0.783 e. The first-order valence-electron chi connectivity index (χ1n) is 8.75. The highest BCUT2D eigenvalue weighted by Crippen LogP contribution is 2.25. The SMILES string of the molecule is N=C(c1ccc(OCCCOc2ccc(/C(=N/O[S+]=O)C(F)(F)F)cc2)cc1)C(F)(F)F. The van der Waals surface area contributed by atoms with Gasteiger partial charge in [-0.2, -0.15) is 26.3 Å². The number of oxime groups is 1. The Hall–Kier alpha value is -3.22. The number of alkyl halides is 6. The Balaban J connectivity index is 1.81. The van der Waals surface area contributed by atoms with Crippen molar-refractivity contribution in [2.75, 3.05) is 13.2 Å². The van der Waals surface area contributed by atoms with Crippen LogP contribution in [0.3, 0.4) is 0 Å². The number of benzene rings is 2. The molecule has 13 heteroatoms. The lowest BCUT2D eigenvalue weighted by Gasteiger charge is -2.11. The summed E-state index contributed by atoms with van der Waals surface area (Å²) in [5.74, 6) is 0.593. The van der Waals surface area contributed by atoms with Gasteiger partial charge in [0.15, 0.2) is 5.71 Å². The second-order valence-electron chi connectivity index (χ2n) is 6.05. The fourth-order valence-corrected chi connectivity index (χ4v) is 2.46. The van der Waals surface area contributed by atoms with Crippen molar-refractivity contribution in [1.82, 2.24) is 0 Å². The molecule has 2 aromatic carbocycles. The molecule has 2 aromatic rings. The van der Waals surface area contributed by atoms with E-state index in [0.717, 1.165) is 24.3 Å². The molecule has 6 nitrogen and oxygen atoms in total. The minimum atomic E-state index is -4.82. The van der Waals surface area contributed by atoms with Gasteiger partial charge in [0.05, 0.1) is 17.4 Å². The summed E-state index contributed by atoms with van der Waals surface area (Å²) in [6.45, 7) is 0.329. The predicted molar refractivity (Wildman–Crippen MR) is 103 cm³/mol. The quantitative estimate of drug-likeness (QED) is 0.128. The van der Waals surface area contributed by atoms with Crippen LogP contribution < -0.4 is 9.47 Å². The van der Waals surface area contributed by atoms with Crippen LogP contribution in [0.4, 0.5) is 26.3 Å². The summed E-state index contributed by atoms with van der Waals surface area (Å²) in [5, 5.41) is 9.83. The number of nitrogens with one attached hydrogen (secondary N) is 1. The molecule has 0 heterocycles. The Kier molecular flexibility index (Phi) is 8.52. The Morgan fingerprint density at radius 1 is 0.812 bits per heavy atom. The third kappa shape index (κ3) is 7.48. The van der Waals surface area contributed by atoms with Gasteiger partial charge in [0, 0.05) is 17.5 Å². The third-order valence-corrected chi connectivity index (χ3v) is 3.94. The summed E-state index contributed by atoms with van der Waals surface area (Å²) in [5.41, 5.74) is -3.41. The highest BCUT2D eigenvalue weighted by Gasteiger charge is 2.39. The van der Waals surface area contributed by atoms with Crippen LogP contribution in [-0.2, 0) is 20.4 Å². The fraction of sp³-hybridized carbons (Fsp3) is 0.263. The maximum Gasteiger partial charge on any atom is 0.783 e. The molecule has 0 saturated carbocycles. The second-order valence-corrected chi connectivity index (χ2v) is 6.34. The predicted octanol–water partition coefficient (Wildman–Crippen LogP) is 5.09. The average molecular weight is 481 g/mol. The molecule has 1 N–H and O–H groups in total. The molecule has 0 aromatic heterocycles. The molecular formula is C19H15F6N2O4S+. The lowest BCUT2D eigenvalue weighted by molar-refractivity contribution is -0.0601. The maximum absolute atomic E-state index is 12.9. The van der Waals surface area contributed by atoms with Crippen LogP contribution in [0.2, 0.25) is 0 Å². The van der Waals surface area contributed by atoms with Gasteiger partial charge in [-0.05, 0) is 58.0 Å². The van der Waals surface area contributed by atoms with Crippen molar-refractivity contribution in [2.24, 2.45) is 5.16 Å². The molecule has 0 radical (unpaired) electrons. The van der Waals surface area contributed by atoms with Crippen LogP contribution in [0.25, 0.3) is 0 Å². The van der Waals surface area contributed by atoms with E-state index in [1.807, 2.05) is 0 Å². The number of ether oxygens (including phenoxy) is 2. The van der Waals surface area contributed by atoms with Crippen LogP contribution in [0.5, 0.6) is 11.5 Å². The molecule has 32 heavy (non-hydrogen) atoms. The van der Waals surface area contributed by atoms with Gasteiger partial charge in [0.25, 0.3) is 0 Å². The smallest absolute Gasteiger partial charge is 0.493 e. The highest BCUT2D eigenvalue weighted by atomic mass is 32.2. The van der Waals surface area contributed by atoms with E-state index in [1.54, 1.807) is 0 Å². The first-order chi connectivity index (χ1) is 15.0. The maximum atomic E-state index is 12.9. The zero-order chi connectivity index (χ0) is 23.8. The van der Waals surface area contributed by atoms with E-state index < -0.39 is 35.7 Å². The molecule has 0 amide bonds. The zero-order valence-electron chi connectivity index (χ0n) is 16.0. The van der Waals surface area contributed by atoms with Crippen molar-refractivity contribution in [3.05, 3.63) is 59.7 Å². The molecule has 0 saturated heterocycles. The van der Waals surface area contributed by atoms with E-state index in [0.29, 0.717) is 12.2 Å². The van der Waals surface area contributed by atoms with Crippen LogP contribution in [0.1, 0.15) is 17.5 Å². The van der Waals surface area contributed by atoms with Crippen LogP contribution in [0, 0.1) is 5.41 Å². The van der Waals surface area contributed by atoms with Gasteiger partial charge in [-0.25, -0.2) is 0 Å². The summed E-state index contributed by atoms with van der Waals surface area (Å²) < 4.78 is 101. The first-order valence-corrected chi connectivity index (χ1v) is 9.42. The number of hydrogen-bond acceptors (Lipinski definition) is 6. The van der Waals surface area contributed by atoms with Crippen molar-refractivity contribution >= 4 is 23.4 Å². The lowest BCUT2D eigenvalue weighted by Crippen LogP contribution is -2.24. The third-order valence-electron chi connectivity index (χ3n) is 3.81. The molecule has 2 rings (SSSR count). The Morgan fingerprint density at radius 3 is 1.69 bits per heavy atom. The normalized spacial score (nSPS) is 12.2. The van der Waals surface area contributed by atoms with Gasteiger partial charge >= 0.3 is 24.3 Å². The van der Waals surface area contributed by atoms with E-state index >= 15 is 0 Å². The van der Waals surface area contributed by atoms with Crippen molar-refractivity contribution in [2.45, 2.75) is 18.8 Å². The van der Waals surface area contributed by atoms with Crippen molar-refractivity contribution < 1.29 is 44.3 Å². The molecule has 172 valence electrons. The standard InChI is InChI=1S/C19H15F6N2O4S/c20-18(21,22)16(26)12-2-6-14(7-3-12)29-10-1-11-30-15-8-4-13(5-9-15)17(19(23,24)25)27-31-32-28/h2-9,26H,1,10-11H2/q+1/b26-16?,27-17-. The van der Waals surface area contributed by atoms with Gasteiger partial charge < -0.3 is 9.47 Å². The Bertz CT molecular complexity index is 944. The van der Waals surface area contributed by atoms with Gasteiger partial charge in [-0.1, -0.05) is 0 Å². The summed E-state index contributed by atoms with van der Waals surface area (Å²) in [4.78, 5) is 0. The molecular weight excluding hydrogens is 466 g/mol. The van der Waals surface area contributed by atoms with Crippen molar-refractivity contribution in [1.29, 1.82) is 5.41 Å². The zero-order valence-corrected chi connectivity index (χ0v) is 16.8. The lowest BCUT2D eigenvalue weighted by atomic mass is 10.1. The summed E-state index contributed by atoms with van der Waals surface area (Å²) in [6.07, 6.45) is -9.17. The highest BCUT2D eigenvalue weighted by molar-refractivity contribution is 7.60. The van der Waals surface area contributed by atoms with Crippen LogP contribution in [-0.4, -0.2) is 37.0 Å². The number of hydrogen-bond donors (Lipinski definition) is 1. The van der Waals surface area contributed by atoms with Crippen LogP contribution in [0.15, 0.2) is 53.7 Å². The topological polar surface area (TPSA) is 81.0 Å². The molecule has 0 aliphatic rings. The minimum absolute atomic E-state index is 0.159. The summed E-state index contributed by atoms with van der Waals surface area (Å²) >= 11 is -0.568. The number of rotatable bonds is 10. The van der Waals surface area contributed by atoms with Crippen molar-refractivity contribution in [3.63, 3.8) is 0 Å². The van der Waals surface area contributed by atoms with E-state index in [4.69, 9.17) is 14.9 Å². The Labute approximate surface area is 182 Å². The van der Waals surface area contributed by atoms with Gasteiger partial charge in [0.1, 0.15) is 17.2 Å². The van der Waals surface area contributed by atoms with E-state index in [2.05, 4.69) is 9.44 Å². The number of halogens is 6. The van der Waals surface area contributed by atoms with E-state index in [1.165, 1.54) is 24.3 Å². The Morgan fingerprint density at radius 2 is 1.28 bits per heavy atom. The van der Waals surface area contributed by atoms with E-state index in [9.17, 15) is 30.6 Å². The monoisotopic (exact) mass is 481 g/mol. The molecule has 0 aliphatic heterocycles. The van der Waals surface area contributed by atoms with Crippen LogP contribution >= 0.6 is 0 Å². The van der Waals surface area contributed by atoms with Gasteiger partial charge in [0.2, 0.25) is 0 Å². The minimum Gasteiger partial charge on any atom is -0.493 e. The van der Waals surface area contributed by atoms with E-state index in [-0.39, 0.29) is 30.1 Å². The molecule has 0 bridgehead atoms. The molecule has 0 fully saturated rings. The molecule has 0 spiro atoms. The summed E-state index contributed by atoms with van der Waals surface area (Å²) in [7, 11) is 0. The molecule has 0 aliphatic carbocycles. The summed E-state index contributed by atoms with van der Waals surface area (Å²) in [6, 6.07) is 9.67. The second kappa shape index (κ2) is 10.9. The average Bonchev–Trinajstić information content (AvgIpc) is 2.73. The first kappa shape index (κ1) is 25.0. The fourth-order valence-electron chi connectivity index (χ4n) is 2.35. The van der Waals surface area contributed by atoms with Gasteiger partial charge in [-0.15, -0.1) is 0 Å². The molecule has 0 atom stereocenters. The van der Waals surface area contributed by atoms with Crippen molar-refractivity contribution in [3.8, 4) is 11.5 Å².